The van der Waals surface area contributed by atoms with Crippen molar-refractivity contribution < 1.29 is 4.39 Å². The van der Waals surface area contributed by atoms with Gasteiger partial charge in [0.15, 0.2) is 0 Å². The minimum Gasteiger partial charge on any atom is -0.378 e. The maximum atomic E-state index is 12.7. The predicted octanol–water partition coefficient (Wildman–Crippen LogP) is 1.56. The zero-order valence-electron chi connectivity index (χ0n) is 7.37. The van der Waals surface area contributed by atoms with Gasteiger partial charge in [0.05, 0.1) is 30.3 Å². The number of hydrogen-bond acceptors (Lipinski definition) is 3. The summed E-state index contributed by atoms with van der Waals surface area (Å²) >= 11 is 0. The molecule has 0 saturated carbocycles. The molecule has 2 N–H and O–H groups in total. The van der Waals surface area contributed by atoms with Gasteiger partial charge in [-0.15, -0.1) is 0 Å². The summed E-state index contributed by atoms with van der Waals surface area (Å²) in [6.07, 6.45) is 4.40. The van der Waals surface area contributed by atoms with Crippen LogP contribution >= 0.6 is 0 Å². The van der Waals surface area contributed by atoms with E-state index >= 15 is 0 Å². The van der Waals surface area contributed by atoms with Crippen molar-refractivity contribution in [3.8, 4) is 0 Å². The average Bonchev–Trinajstić information content (AvgIpc) is 2.67. The normalized spacial score (nSPS) is 10.1. The summed E-state index contributed by atoms with van der Waals surface area (Å²) in [5, 5.41) is 9.61. The lowest BCUT2D eigenvalue weighted by atomic mass is 10.4. The Morgan fingerprint density at radius 2 is 2.36 bits per heavy atom. The molecule has 2 aromatic rings. The summed E-state index contributed by atoms with van der Waals surface area (Å²) in [5.41, 5.74) is 1.59. The van der Waals surface area contributed by atoms with Crippen LogP contribution < -0.4 is 5.32 Å². The van der Waals surface area contributed by atoms with Gasteiger partial charge in [-0.3, -0.25) is 10.1 Å². The topological polar surface area (TPSA) is 53.6 Å². The van der Waals surface area contributed by atoms with Crippen LogP contribution in [-0.4, -0.2) is 15.2 Å². The Morgan fingerprint density at radius 1 is 1.43 bits per heavy atom. The number of halogens is 1. The lowest BCUT2D eigenvalue weighted by Crippen LogP contribution is -2.00. The number of anilines is 1. The van der Waals surface area contributed by atoms with E-state index in [9.17, 15) is 4.39 Å². The number of nitrogens with one attached hydrogen (secondary N) is 2. The Morgan fingerprint density at radius 3 is 3.07 bits per heavy atom. The molecule has 72 valence electrons. The highest BCUT2D eigenvalue weighted by Gasteiger charge is 1.96. The van der Waals surface area contributed by atoms with E-state index in [1.165, 1.54) is 12.3 Å². The fraction of sp³-hybridized carbons (Fsp3) is 0.111. The van der Waals surface area contributed by atoms with E-state index in [0.717, 1.165) is 5.69 Å². The van der Waals surface area contributed by atoms with Crippen molar-refractivity contribution in [2.24, 2.45) is 0 Å². The van der Waals surface area contributed by atoms with Crippen LogP contribution in [-0.2, 0) is 6.54 Å². The first-order chi connectivity index (χ1) is 6.84. The number of aromatic amines is 1. The van der Waals surface area contributed by atoms with Crippen molar-refractivity contribution in [1.29, 1.82) is 0 Å². The number of nitrogens with zero attached hydrogens (tertiary/aromatic N) is 2. The van der Waals surface area contributed by atoms with Crippen molar-refractivity contribution in [1.82, 2.24) is 15.2 Å². The molecule has 0 aliphatic carbocycles. The van der Waals surface area contributed by atoms with E-state index in [4.69, 9.17) is 0 Å². The molecular weight excluding hydrogens is 183 g/mol. The van der Waals surface area contributed by atoms with E-state index in [1.54, 1.807) is 12.4 Å². The molecule has 5 heteroatoms. The van der Waals surface area contributed by atoms with Gasteiger partial charge >= 0.3 is 0 Å². The molecule has 0 atom stereocenters. The third-order valence-electron chi connectivity index (χ3n) is 1.75. The largest absolute Gasteiger partial charge is 0.378 e. The highest BCUT2D eigenvalue weighted by atomic mass is 19.1. The van der Waals surface area contributed by atoms with Gasteiger partial charge in [0.25, 0.3) is 0 Å². The third kappa shape index (κ3) is 2.07. The highest BCUT2D eigenvalue weighted by molar-refractivity contribution is 5.40. The minimum atomic E-state index is -0.348. The molecule has 0 amide bonds. The first-order valence-corrected chi connectivity index (χ1v) is 4.17. The summed E-state index contributed by atoms with van der Waals surface area (Å²) in [5.74, 6) is -0.348. The van der Waals surface area contributed by atoms with Crippen LogP contribution in [0.3, 0.4) is 0 Å². The second-order valence-corrected chi connectivity index (χ2v) is 2.83. The van der Waals surface area contributed by atoms with E-state index < -0.39 is 0 Å². The lowest BCUT2D eigenvalue weighted by molar-refractivity contribution is 0.622. The Hall–Kier alpha value is -1.91. The molecule has 0 aliphatic rings. The average molecular weight is 192 g/mol. The number of pyridine rings is 1. The molecule has 14 heavy (non-hydrogen) atoms. The zero-order valence-corrected chi connectivity index (χ0v) is 7.37. The second-order valence-electron chi connectivity index (χ2n) is 2.83. The molecular formula is C9H9FN4. The van der Waals surface area contributed by atoms with Crippen LogP contribution in [0.15, 0.2) is 30.7 Å². The smallest absolute Gasteiger partial charge is 0.143 e. The fourth-order valence-corrected chi connectivity index (χ4v) is 1.09. The standard InChI is InChI=1S/C9H9FN4/c10-7-3-9(5-11-4-7)12-6-8-1-2-13-14-8/h1-5,12H,6H2,(H,13,14). The van der Waals surface area contributed by atoms with Crippen molar-refractivity contribution in [3.05, 3.63) is 42.2 Å². The van der Waals surface area contributed by atoms with Crippen molar-refractivity contribution in [3.63, 3.8) is 0 Å². The maximum Gasteiger partial charge on any atom is 0.143 e. The summed E-state index contributed by atoms with van der Waals surface area (Å²) in [6.45, 7) is 0.575. The van der Waals surface area contributed by atoms with Gasteiger partial charge in [-0.2, -0.15) is 5.10 Å². The van der Waals surface area contributed by atoms with Crippen molar-refractivity contribution in [2.75, 3.05) is 5.32 Å². The van der Waals surface area contributed by atoms with E-state index in [1.807, 2.05) is 6.07 Å². The molecule has 0 aliphatic heterocycles. The van der Waals surface area contributed by atoms with Gasteiger partial charge in [-0.05, 0) is 6.07 Å². The first-order valence-electron chi connectivity index (χ1n) is 4.17. The Labute approximate surface area is 80.2 Å². The molecule has 0 saturated heterocycles. The van der Waals surface area contributed by atoms with E-state index in [-0.39, 0.29) is 5.82 Å². The van der Waals surface area contributed by atoms with Gasteiger partial charge in [0, 0.05) is 12.3 Å². The highest BCUT2D eigenvalue weighted by Crippen LogP contribution is 2.07. The Balaban J connectivity index is 1.98. The van der Waals surface area contributed by atoms with Crippen LogP contribution in [0.5, 0.6) is 0 Å². The summed E-state index contributed by atoms with van der Waals surface area (Å²) in [4.78, 5) is 3.72. The monoisotopic (exact) mass is 192 g/mol. The molecule has 0 spiro atoms. The SMILES string of the molecule is Fc1cncc(NCc2ccn[nH]2)c1. The number of rotatable bonds is 3. The number of aromatic nitrogens is 3. The van der Waals surface area contributed by atoms with Gasteiger partial charge in [-0.25, -0.2) is 4.39 Å². The Bertz CT molecular complexity index is 399. The third-order valence-corrected chi connectivity index (χ3v) is 1.75. The van der Waals surface area contributed by atoms with Crippen LogP contribution in [0.2, 0.25) is 0 Å². The van der Waals surface area contributed by atoms with Gasteiger partial charge < -0.3 is 5.32 Å². The first kappa shape index (κ1) is 8.68. The summed E-state index contributed by atoms with van der Waals surface area (Å²) < 4.78 is 12.7. The lowest BCUT2D eigenvalue weighted by Gasteiger charge is -2.03. The quantitative estimate of drug-likeness (QED) is 0.775. The zero-order chi connectivity index (χ0) is 9.80. The molecule has 2 rings (SSSR count). The fourth-order valence-electron chi connectivity index (χ4n) is 1.09. The van der Waals surface area contributed by atoms with E-state index in [0.29, 0.717) is 12.2 Å². The van der Waals surface area contributed by atoms with Gasteiger partial charge in [0.2, 0.25) is 0 Å². The number of hydrogen-bond donors (Lipinski definition) is 2. The summed E-state index contributed by atoms with van der Waals surface area (Å²) in [7, 11) is 0. The summed E-state index contributed by atoms with van der Waals surface area (Å²) in [6, 6.07) is 3.24. The maximum absolute atomic E-state index is 12.7. The molecule has 0 bridgehead atoms. The van der Waals surface area contributed by atoms with Crippen LogP contribution in [0.4, 0.5) is 10.1 Å². The van der Waals surface area contributed by atoms with Crippen molar-refractivity contribution >= 4 is 5.69 Å². The molecule has 0 unspecified atom stereocenters. The molecule has 0 aromatic carbocycles. The van der Waals surface area contributed by atoms with Crippen LogP contribution in [0.25, 0.3) is 0 Å². The van der Waals surface area contributed by atoms with E-state index in [2.05, 4.69) is 20.5 Å². The van der Waals surface area contributed by atoms with Crippen molar-refractivity contribution in [2.45, 2.75) is 6.54 Å². The minimum absolute atomic E-state index is 0.348. The molecule has 2 heterocycles. The molecule has 2 aromatic heterocycles. The van der Waals surface area contributed by atoms with Crippen LogP contribution in [0, 0.1) is 5.82 Å². The number of H-pyrrole nitrogens is 1. The second kappa shape index (κ2) is 3.87. The van der Waals surface area contributed by atoms with Gasteiger partial charge in [-0.1, -0.05) is 0 Å². The molecule has 0 radical (unpaired) electrons. The van der Waals surface area contributed by atoms with Crippen LogP contribution in [0.1, 0.15) is 5.69 Å². The molecule has 0 fully saturated rings. The Kier molecular flexibility index (Phi) is 2.40. The van der Waals surface area contributed by atoms with Gasteiger partial charge in [0.1, 0.15) is 5.82 Å². The molecule has 4 nitrogen and oxygen atoms in total. The predicted molar refractivity (Wildman–Crippen MR) is 50.1 cm³/mol.